The summed E-state index contributed by atoms with van der Waals surface area (Å²) in [6.07, 6.45) is 4.21. The minimum absolute atomic E-state index is 0.615. The fraction of sp³-hybridized carbons (Fsp3) is 0.273. The van der Waals surface area contributed by atoms with Crippen molar-refractivity contribution in [2.45, 2.75) is 23.6 Å². The smallest absolute Gasteiger partial charge is 0.262 e. The van der Waals surface area contributed by atoms with E-state index in [4.69, 9.17) is 10.2 Å². The first-order valence-corrected chi connectivity index (χ1v) is 5.85. The van der Waals surface area contributed by atoms with Gasteiger partial charge in [-0.25, -0.2) is 9.97 Å². The fourth-order valence-corrected chi connectivity index (χ4v) is 2.19. The van der Waals surface area contributed by atoms with E-state index < -0.39 is 0 Å². The summed E-state index contributed by atoms with van der Waals surface area (Å²) in [5.74, 6) is 0. The van der Waals surface area contributed by atoms with E-state index in [2.05, 4.69) is 9.97 Å². The van der Waals surface area contributed by atoms with E-state index in [1.165, 1.54) is 11.8 Å². The number of hydrogen-bond donors (Lipinski definition) is 1. The highest BCUT2D eigenvalue weighted by molar-refractivity contribution is 7.99. The van der Waals surface area contributed by atoms with Gasteiger partial charge in [-0.05, 0) is 43.3 Å². The molecule has 16 heavy (non-hydrogen) atoms. The van der Waals surface area contributed by atoms with Crippen molar-refractivity contribution < 1.29 is 4.42 Å². The normalized spacial score (nSPS) is 10.6. The molecule has 0 amide bonds. The average Bonchev–Trinajstić information content (AvgIpc) is 2.67. The summed E-state index contributed by atoms with van der Waals surface area (Å²) in [5, 5.41) is 1.53. The number of hydrogen-bond acceptors (Lipinski definition) is 5. The molecule has 0 aromatic carbocycles. The van der Waals surface area contributed by atoms with Crippen molar-refractivity contribution >= 4 is 11.8 Å². The van der Waals surface area contributed by atoms with Crippen LogP contribution in [0.25, 0.3) is 0 Å². The van der Waals surface area contributed by atoms with Crippen molar-refractivity contribution in [2.24, 2.45) is 5.73 Å². The van der Waals surface area contributed by atoms with E-state index in [9.17, 15) is 0 Å². The summed E-state index contributed by atoms with van der Waals surface area (Å²) in [6, 6.07) is 3.94. The van der Waals surface area contributed by atoms with Crippen molar-refractivity contribution in [1.82, 2.24) is 9.97 Å². The largest absolute Gasteiger partial charge is 0.439 e. The zero-order valence-corrected chi connectivity index (χ0v) is 9.83. The summed E-state index contributed by atoms with van der Waals surface area (Å²) < 4.78 is 5.28. The Balaban J connectivity index is 2.20. The van der Waals surface area contributed by atoms with Gasteiger partial charge in [-0.15, -0.1) is 0 Å². The molecule has 0 saturated carbocycles. The first-order valence-electron chi connectivity index (χ1n) is 5.03. The van der Waals surface area contributed by atoms with Gasteiger partial charge < -0.3 is 10.2 Å². The predicted octanol–water partition coefficient (Wildman–Crippen LogP) is 2.03. The zero-order valence-electron chi connectivity index (χ0n) is 9.01. The molecule has 2 aromatic heterocycles. The van der Waals surface area contributed by atoms with Crippen molar-refractivity contribution in [2.75, 3.05) is 6.54 Å². The summed E-state index contributed by atoms with van der Waals surface area (Å²) in [7, 11) is 0. The highest BCUT2D eigenvalue weighted by atomic mass is 32.2. The van der Waals surface area contributed by atoms with Crippen LogP contribution in [-0.4, -0.2) is 16.5 Å². The fourth-order valence-electron chi connectivity index (χ4n) is 1.32. The van der Waals surface area contributed by atoms with Gasteiger partial charge in [0.15, 0.2) is 0 Å². The third-order valence-electron chi connectivity index (χ3n) is 2.05. The van der Waals surface area contributed by atoms with Crippen molar-refractivity contribution in [3.63, 3.8) is 0 Å². The molecule has 0 bridgehead atoms. The van der Waals surface area contributed by atoms with Crippen LogP contribution in [0.15, 0.2) is 39.3 Å². The average molecular weight is 235 g/mol. The van der Waals surface area contributed by atoms with Gasteiger partial charge in [-0.1, -0.05) is 6.07 Å². The minimum Gasteiger partial charge on any atom is -0.439 e. The topological polar surface area (TPSA) is 64.9 Å². The molecule has 2 heterocycles. The highest BCUT2D eigenvalue weighted by Gasteiger charge is 2.08. The lowest BCUT2D eigenvalue weighted by Crippen LogP contribution is -2.04. The van der Waals surface area contributed by atoms with Crippen LogP contribution < -0.4 is 5.73 Å². The Kier molecular flexibility index (Phi) is 3.58. The lowest BCUT2D eigenvalue weighted by molar-refractivity contribution is 0.453. The Morgan fingerprint density at radius 1 is 1.50 bits per heavy atom. The maximum atomic E-state index is 5.55. The second kappa shape index (κ2) is 5.14. The molecule has 0 aliphatic heterocycles. The lowest BCUT2D eigenvalue weighted by Gasteiger charge is -2.03. The maximum absolute atomic E-state index is 5.55. The molecule has 0 aliphatic carbocycles. The number of oxazole rings is 1. The van der Waals surface area contributed by atoms with Gasteiger partial charge in [-0.2, -0.15) is 0 Å². The van der Waals surface area contributed by atoms with Gasteiger partial charge in [0.2, 0.25) is 0 Å². The molecule has 0 atom stereocenters. The van der Waals surface area contributed by atoms with Gasteiger partial charge in [0.05, 0.1) is 5.69 Å². The Bertz CT molecular complexity index is 470. The van der Waals surface area contributed by atoms with E-state index in [0.29, 0.717) is 11.8 Å². The zero-order chi connectivity index (χ0) is 11.4. The van der Waals surface area contributed by atoms with Crippen molar-refractivity contribution in [3.05, 3.63) is 35.9 Å². The standard InChI is InChI=1S/C11H13N3OS/c1-8-7-15-11(14-8)16-10-9(4-5-12)3-2-6-13-10/h2-3,6-7H,4-5,12H2,1H3. The van der Waals surface area contributed by atoms with Gasteiger partial charge >= 0.3 is 0 Å². The number of aromatic nitrogens is 2. The Morgan fingerprint density at radius 2 is 2.38 bits per heavy atom. The van der Waals surface area contributed by atoms with Crippen LogP contribution in [-0.2, 0) is 6.42 Å². The van der Waals surface area contributed by atoms with Crippen LogP contribution in [0.4, 0.5) is 0 Å². The monoisotopic (exact) mass is 235 g/mol. The predicted molar refractivity (Wildman–Crippen MR) is 62.4 cm³/mol. The number of pyridine rings is 1. The second-order valence-electron chi connectivity index (χ2n) is 3.36. The van der Waals surface area contributed by atoms with E-state index in [1.807, 2.05) is 19.1 Å². The number of rotatable bonds is 4. The Morgan fingerprint density at radius 3 is 3.06 bits per heavy atom. The quantitative estimate of drug-likeness (QED) is 0.878. The summed E-state index contributed by atoms with van der Waals surface area (Å²) >= 11 is 1.43. The third-order valence-corrected chi connectivity index (χ3v) is 2.97. The van der Waals surface area contributed by atoms with E-state index in [1.54, 1.807) is 12.5 Å². The first kappa shape index (κ1) is 11.2. The number of nitrogens with two attached hydrogens (primary N) is 1. The van der Waals surface area contributed by atoms with Crippen LogP contribution in [0.1, 0.15) is 11.3 Å². The van der Waals surface area contributed by atoms with Crippen LogP contribution >= 0.6 is 11.8 Å². The molecule has 2 N–H and O–H groups in total. The second-order valence-corrected chi connectivity index (χ2v) is 4.30. The van der Waals surface area contributed by atoms with E-state index >= 15 is 0 Å². The Labute approximate surface area is 98.3 Å². The molecule has 2 rings (SSSR count). The van der Waals surface area contributed by atoms with E-state index in [-0.39, 0.29) is 0 Å². The van der Waals surface area contributed by atoms with Crippen LogP contribution in [0.2, 0.25) is 0 Å². The van der Waals surface area contributed by atoms with Gasteiger partial charge in [-0.3, -0.25) is 0 Å². The van der Waals surface area contributed by atoms with Crippen LogP contribution in [0.3, 0.4) is 0 Å². The Hall–Kier alpha value is -1.33. The molecule has 0 aliphatic rings. The number of aryl methyl sites for hydroxylation is 1. The molecule has 0 radical (unpaired) electrons. The molecule has 84 valence electrons. The van der Waals surface area contributed by atoms with Crippen LogP contribution in [0, 0.1) is 6.92 Å². The molecule has 0 fully saturated rings. The molecule has 4 nitrogen and oxygen atoms in total. The summed E-state index contributed by atoms with van der Waals surface area (Å²) in [6.45, 7) is 2.51. The van der Waals surface area contributed by atoms with E-state index in [0.717, 1.165) is 22.7 Å². The van der Waals surface area contributed by atoms with Crippen molar-refractivity contribution in [3.8, 4) is 0 Å². The lowest BCUT2D eigenvalue weighted by atomic mass is 10.2. The van der Waals surface area contributed by atoms with Crippen LogP contribution in [0.5, 0.6) is 0 Å². The van der Waals surface area contributed by atoms with Gasteiger partial charge in [0.1, 0.15) is 11.3 Å². The molecular weight excluding hydrogens is 222 g/mol. The first-order chi connectivity index (χ1) is 7.79. The molecule has 0 unspecified atom stereocenters. The minimum atomic E-state index is 0.615. The summed E-state index contributed by atoms with van der Waals surface area (Å²) in [4.78, 5) is 8.54. The molecule has 5 heteroatoms. The van der Waals surface area contributed by atoms with Gasteiger partial charge in [0.25, 0.3) is 5.22 Å². The molecular formula is C11H13N3OS. The molecule has 0 spiro atoms. The SMILES string of the molecule is Cc1coc(Sc2ncccc2CCN)n1. The highest BCUT2D eigenvalue weighted by Crippen LogP contribution is 2.27. The maximum Gasteiger partial charge on any atom is 0.262 e. The third kappa shape index (κ3) is 2.62. The van der Waals surface area contributed by atoms with Crippen molar-refractivity contribution in [1.29, 1.82) is 0 Å². The summed E-state index contributed by atoms with van der Waals surface area (Å²) in [5.41, 5.74) is 7.56. The molecule has 0 saturated heterocycles. The molecule has 2 aromatic rings. The number of nitrogens with zero attached hydrogens (tertiary/aromatic N) is 2. The van der Waals surface area contributed by atoms with Gasteiger partial charge in [0, 0.05) is 6.20 Å².